The van der Waals surface area contributed by atoms with E-state index in [0.717, 1.165) is 65.6 Å². The summed E-state index contributed by atoms with van der Waals surface area (Å²) in [6, 6.07) is 20.5. The normalized spacial score (nSPS) is 17.8. The molecule has 13 heteroatoms. The maximum atomic E-state index is 13.5. The second-order valence-corrected chi connectivity index (χ2v) is 15.0. The van der Waals surface area contributed by atoms with E-state index in [9.17, 15) is 29.1 Å². The molecule has 0 bridgehead atoms. The number of piperidine rings is 1. The Bertz CT molecular complexity index is 2510. The van der Waals surface area contributed by atoms with E-state index >= 15 is 0 Å². The lowest BCUT2D eigenvalue weighted by Gasteiger charge is -2.35. The number of oxazole rings is 2. The molecule has 0 amide bonds. The third-order valence-corrected chi connectivity index (χ3v) is 11.5. The average Bonchev–Trinajstić information content (AvgIpc) is 3.94. The minimum absolute atomic E-state index is 0.0832. The van der Waals surface area contributed by atoms with Gasteiger partial charge in [-0.15, -0.1) is 0 Å². The van der Waals surface area contributed by atoms with Crippen LogP contribution >= 0.6 is 0 Å². The minimum Gasteiger partial charge on any atom is -0.480 e. The van der Waals surface area contributed by atoms with Gasteiger partial charge in [0.05, 0.1) is 5.56 Å². The van der Waals surface area contributed by atoms with Crippen LogP contribution in [0.5, 0.6) is 5.75 Å². The molecule has 0 saturated carbocycles. The number of nitrogens with zero attached hydrogens (tertiary/aromatic N) is 5. The number of aromatic nitrogens is 2. The molecule has 2 saturated heterocycles. The van der Waals surface area contributed by atoms with Crippen LogP contribution in [0.1, 0.15) is 66.3 Å². The van der Waals surface area contributed by atoms with Gasteiger partial charge in [0.2, 0.25) is 11.8 Å². The van der Waals surface area contributed by atoms with Gasteiger partial charge in [0.1, 0.15) is 28.9 Å². The van der Waals surface area contributed by atoms with Gasteiger partial charge in [0, 0.05) is 48.5 Å². The van der Waals surface area contributed by atoms with Crippen molar-refractivity contribution in [3.8, 4) is 45.9 Å². The van der Waals surface area contributed by atoms with Crippen molar-refractivity contribution in [2.75, 3.05) is 19.7 Å². The Hall–Kier alpha value is -5.68. The first-order chi connectivity index (χ1) is 27.6. The minimum atomic E-state index is -3.08. The fourth-order valence-electron chi connectivity index (χ4n) is 8.63. The van der Waals surface area contributed by atoms with Crippen LogP contribution in [0.2, 0.25) is 0 Å². The number of likely N-dealkylation sites (tertiary alicyclic amines) is 2. The van der Waals surface area contributed by atoms with Crippen molar-refractivity contribution >= 4 is 28.2 Å². The molecule has 2 aromatic heterocycles. The number of carboxylic acids is 1. The quantitative estimate of drug-likeness (QED) is 0.123. The highest BCUT2D eigenvalue weighted by Crippen LogP contribution is 2.39. The van der Waals surface area contributed by atoms with Gasteiger partial charge in [-0.3, -0.25) is 14.6 Å². The Balaban J connectivity index is 1.11. The molecule has 4 heterocycles. The summed E-state index contributed by atoms with van der Waals surface area (Å²) >= 11 is 0. The molecule has 11 nitrogen and oxygen atoms in total. The summed E-state index contributed by atoms with van der Waals surface area (Å²) in [5.41, 5.74) is 8.69. The van der Waals surface area contributed by atoms with Crippen molar-refractivity contribution < 1.29 is 37.4 Å². The zero-order chi connectivity index (χ0) is 39.8. The monoisotopic (exact) mass is 775 g/mol. The average molecular weight is 776 g/mol. The van der Waals surface area contributed by atoms with Crippen molar-refractivity contribution in [1.29, 1.82) is 5.26 Å². The van der Waals surface area contributed by atoms with Crippen LogP contribution in [0.3, 0.4) is 0 Å². The number of ether oxygens (including phenoxy) is 1. The maximum absolute atomic E-state index is 13.5. The summed E-state index contributed by atoms with van der Waals surface area (Å²) in [4.78, 5) is 25.6. The number of aliphatic hydroxyl groups is 1. The van der Waals surface area contributed by atoms with Crippen molar-refractivity contribution in [1.82, 2.24) is 19.8 Å². The summed E-state index contributed by atoms with van der Waals surface area (Å²) in [5, 5.41) is 29.4. The van der Waals surface area contributed by atoms with Crippen LogP contribution in [-0.2, 0) is 17.9 Å². The first-order valence-electron chi connectivity index (χ1n) is 19.4. The Labute approximate surface area is 328 Å². The molecule has 1 unspecified atom stereocenters. The number of fused-ring (bicyclic) bond motifs is 2. The molecule has 0 spiro atoms. The van der Waals surface area contributed by atoms with E-state index in [-0.39, 0.29) is 24.5 Å². The van der Waals surface area contributed by atoms with Crippen LogP contribution in [0.25, 0.3) is 56.2 Å². The molecule has 2 aliphatic heterocycles. The van der Waals surface area contributed by atoms with E-state index in [2.05, 4.69) is 11.0 Å². The summed E-state index contributed by atoms with van der Waals surface area (Å²) in [6.45, 7) is 3.30. The predicted molar refractivity (Wildman–Crippen MR) is 210 cm³/mol. The maximum Gasteiger partial charge on any atom is 0.387 e. The van der Waals surface area contributed by atoms with Crippen molar-refractivity contribution in [3.63, 3.8) is 0 Å². The van der Waals surface area contributed by atoms with Gasteiger partial charge in [-0.2, -0.15) is 14.0 Å². The van der Waals surface area contributed by atoms with Gasteiger partial charge in [0.15, 0.2) is 11.2 Å². The number of aliphatic carboxylic acids is 1. The smallest absolute Gasteiger partial charge is 0.387 e. The van der Waals surface area contributed by atoms with E-state index in [1.807, 2.05) is 62.4 Å². The molecule has 57 heavy (non-hydrogen) atoms. The van der Waals surface area contributed by atoms with Gasteiger partial charge >= 0.3 is 12.6 Å². The summed E-state index contributed by atoms with van der Waals surface area (Å²) in [7, 11) is 0. The zero-order valence-corrected chi connectivity index (χ0v) is 31.8. The Morgan fingerprint density at radius 3 is 2.26 bits per heavy atom. The van der Waals surface area contributed by atoms with Gasteiger partial charge < -0.3 is 23.8 Å². The van der Waals surface area contributed by atoms with E-state index in [0.29, 0.717) is 77.1 Å². The Kier molecular flexibility index (Phi) is 10.8. The van der Waals surface area contributed by atoms with Crippen LogP contribution in [0.15, 0.2) is 69.5 Å². The highest BCUT2D eigenvalue weighted by molar-refractivity contribution is 5.86. The van der Waals surface area contributed by atoms with Crippen LogP contribution in [0.4, 0.5) is 8.78 Å². The number of halogens is 2. The van der Waals surface area contributed by atoms with Crippen molar-refractivity contribution in [3.05, 3.63) is 88.5 Å². The molecule has 2 N–H and O–H groups in total. The van der Waals surface area contributed by atoms with Gasteiger partial charge in [-0.25, -0.2) is 9.97 Å². The third kappa shape index (κ3) is 7.60. The van der Waals surface area contributed by atoms with E-state index in [1.165, 1.54) is 6.07 Å². The van der Waals surface area contributed by atoms with E-state index < -0.39 is 18.6 Å². The molecule has 6 aromatic rings. The second-order valence-electron chi connectivity index (χ2n) is 15.0. The molecule has 8 rings (SSSR count). The summed E-state index contributed by atoms with van der Waals surface area (Å²) in [6.07, 6.45) is 5.21. The fourth-order valence-corrected chi connectivity index (χ4v) is 8.63. The number of benzene rings is 4. The molecule has 294 valence electrons. The largest absolute Gasteiger partial charge is 0.480 e. The SMILES string of the molecule is Cc1c(-c2nc3cc(CN4CCC[C@H]4C(=O)O)c(OC(F)F)cc3o2)cccc1-c1cccc(-c2nc3cc(CN4CCCCC4CCO)cc(C#N)c3o2)c1C. The molecule has 4 aromatic carbocycles. The lowest BCUT2D eigenvalue weighted by atomic mass is 9.91. The van der Waals surface area contributed by atoms with Gasteiger partial charge in [-0.05, 0) is 117 Å². The van der Waals surface area contributed by atoms with Crippen LogP contribution in [-0.4, -0.2) is 74.3 Å². The lowest BCUT2D eigenvalue weighted by Crippen LogP contribution is -2.39. The number of nitriles is 1. The third-order valence-electron chi connectivity index (χ3n) is 11.5. The highest BCUT2D eigenvalue weighted by Gasteiger charge is 2.32. The number of carboxylic acid groups (broad SMARTS) is 1. The highest BCUT2D eigenvalue weighted by atomic mass is 19.3. The molecule has 0 aliphatic carbocycles. The van der Waals surface area contributed by atoms with Crippen molar-refractivity contribution in [2.45, 2.75) is 84.2 Å². The Morgan fingerprint density at radius 2 is 1.58 bits per heavy atom. The summed E-state index contributed by atoms with van der Waals surface area (Å²) < 4.78 is 44.4. The first-order valence-corrected chi connectivity index (χ1v) is 19.4. The number of hydrogen-bond donors (Lipinski definition) is 2. The molecular formula is C44H43F2N5O6. The topological polar surface area (TPSA) is 149 Å². The van der Waals surface area contributed by atoms with E-state index in [4.69, 9.17) is 23.5 Å². The van der Waals surface area contributed by atoms with Crippen LogP contribution in [0, 0.1) is 25.2 Å². The zero-order valence-electron chi connectivity index (χ0n) is 31.8. The molecule has 2 aliphatic rings. The molecule has 0 radical (unpaired) electrons. The van der Waals surface area contributed by atoms with Crippen LogP contribution < -0.4 is 4.74 Å². The van der Waals surface area contributed by atoms with E-state index in [1.54, 1.807) is 11.0 Å². The second kappa shape index (κ2) is 16.1. The standard InChI is InChI=1S/C44H43F2N5O6/c1-25-31(9-5-11-33(25)41-48-35-20-29(24-51-16-7-13-37(51)43(53)54)38(56-44(45)46)21-39(35)55-41)32-10-6-12-34(26(32)2)42-49-36-19-27(18-28(22-47)40(36)57-42)23-50-15-4-3-8-30(50)14-17-52/h5-6,9-12,18-21,30,37,44,52H,3-4,7-8,13-17,23-24H2,1-2H3,(H,53,54)/t30?,37-/m0/s1. The number of aliphatic hydroxyl groups excluding tert-OH is 1. The number of hydrogen-bond acceptors (Lipinski definition) is 10. The van der Waals surface area contributed by atoms with Crippen molar-refractivity contribution in [2.24, 2.45) is 0 Å². The van der Waals surface area contributed by atoms with Gasteiger partial charge in [-0.1, -0.05) is 30.7 Å². The number of alkyl halides is 2. The molecular weight excluding hydrogens is 733 g/mol. The van der Waals surface area contributed by atoms with Gasteiger partial charge in [0.25, 0.3) is 0 Å². The fraction of sp³-hybridized carbons (Fsp3) is 0.364. The molecule has 2 atom stereocenters. The number of rotatable bonds is 12. The summed E-state index contributed by atoms with van der Waals surface area (Å²) in [5.74, 6) is -0.324. The lowest BCUT2D eigenvalue weighted by molar-refractivity contribution is -0.142. The predicted octanol–water partition coefficient (Wildman–Crippen LogP) is 8.85. The first kappa shape index (κ1) is 38.2. The Morgan fingerprint density at radius 1 is 0.895 bits per heavy atom. The number of carbonyl (C=O) groups is 1. The molecule has 2 fully saturated rings.